The zero-order valence-corrected chi connectivity index (χ0v) is 13.8. The summed E-state index contributed by atoms with van der Waals surface area (Å²) < 4.78 is 22.2. The summed E-state index contributed by atoms with van der Waals surface area (Å²) in [5.41, 5.74) is 1.31. The highest BCUT2D eigenvalue weighted by molar-refractivity contribution is 7.90. The first-order valence-corrected chi connectivity index (χ1v) is 9.15. The van der Waals surface area contributed by atoms with E-state index < -0.39 is 9.84 Å². The van der Waals surface area contributed by atoms with Gasteiger partial charge in [-0.1, -0.05) is 30.3 Å². The fourth-order valence-corrected chi connectivity index (χ4v) is 2.36. The fraction of sp³-hybridized carbons (Fsp3) is 0.533. The molecule has 0 amide bonds. The van der Waals surface area contributed by atoms with Crippen molar-refractivity contribution >= 4 is 15.8 Å². The van der Waals surface area contributed by atoms with Crippen molar-refractivity contribution in [3.05, 3.63) is 35.9 Å². The van der Waals surface area contributed by atoms with Crippen LogP contribution in [0, 0.1) is 0 Å². The van der Waals surface area contributed by atoms with Crippen LogP contribution in [-0.2, 0) is 16.3 Å². The molecule has 0 aliphatic rings. The Hall–Kier alpha value is -1.56. The van der Waals surface area contributed by atoms with Crippen molar-refractivity contribution in [1.82, 2.24) is 10.6 Å². The maximum absolute atomic E-state index is 11.1. The molecule has 21 heavy (non-hydrogen) atoms. The largest absolute Gasteiger partial charge is 0.355 e. The van der Waals surface area contributed by atoms with Crippen LogP contribution in [-0.4, -0.2) is 46.0 Å². The van der Waals surface area contributed by atoms with E-state index in [4.69, 9.17) is 0 Å². The lowest BCUT2D eigenvalue weighted by Crippen LogP contribution is -2.43. The van der Waals surface area contributed by atoms with Crippen LogP contribution in [0.15, 0.2) is 35.3 Å². The molecule has 0 bridgehead atoms. The molecule has 0 radical (unpaired) electrons. The van der Waals surface area contributed by atoms with Crippen LogP contribution < -0.4 is 10.6 Å². The number of aliphatic imine (C=N–C) groups is 1. The third kappa shape index (κ3) is 8.34. The summed E-state index contributed by atoms with van der Waals surface area (Å²) >= 11 is 0. The zero-order chi connectivity index (χ0) is 15.7. The van der Waals surface area contributed by atoms with Crippen molar-refractivity contribution in [2.75, 3.05) is 25.6 Å². The standard InChI is InChI=1S/C15H25N3O2S/c1-13(9-10-14-7-5-4-6-8-14)18-15(16-2)17-11-12-21(3,19)20/h4-8,13H,9-12H2,1-3H3,(H2,16,17,18). The third-order valence-corrected chi connectivity index (χ3v) is 4.03. The summed E-state index contributed by atoms with van der Waals surface area (Å²) in [5, 5.41) is 6.28. The average molecular weight is 311 g/mol. The number of aryl methyl sites for hydroxylation is 1. The maximum atomic E-state index is 11.1. The number of nitrogens with one attached hydrogen (secondary N) is 2. The number of benzene rings is 1. The lowest BCUT2D eigenvalue weighted by Gasteiger charge is -2.17. The Kier molecular flexibility index (Phi) is 7.22. The van der Waals surface area contributed by atoms with Gasteiger partial charge >= 0.3 is 0 Å². The first-order chi connectivity index (χ1) is 9.90. The average Bonchev–Trinajstić information content (AvgIpc) is 2.44. The van der Waals surface area contributed by atoms with E-state index in [1.165, 1.54) is 11.8 Å². The molecular formula is C15H25N3O2S. The number of guanidine groups is 1. The van der Waals surface area contributed by atoms with Crippen molar-refractivity contribution < 1.29 is 8.42 Å². The Labute approximate surface area is 127 Å². The summed E-state index contributed by atoms with van der Waals surface area (Å²) in [5.74, 6) is 0.741. The van der Waals surface area contributed by atoms with E-state index >= 15 is 0 Å². The van der Waals surface area contributed by atoms with Crippen LogP contribution in [0.25, 0.3) is 0 Å². The Bertz CT molecular complexity index is 541. The smallest absolute Gasteiger partial charge is 0.191 e. The fourth-order valence-electron chi connectivity index (χ4n) is 1.88. The molecular weight excluding hydrogens is 286 g/mol. The monoisotopic (exact) mass is 311 g/mol. The third-order valence-electron chi connectivity index (χ3n) is 3.08. The van der Waals surface area contributed by atoms with Gasteiger partial charge < -0.3 is 10.6 Å². The molecule has 5 nitrogen and oxygen atoms in total. The molecule has 1 aromatic rings. The maximum Gasteiger partial charge on any atom is 0.191 e. The summed E-state index contributed by atoms with van der Waals surface area (Å²) in [4.78, 5) is 4.10. The second-order valence-electron chi connectivity index (χ2n) is 5.20. The van der Waals surface area contributed by atoms with Gasteiger partial charge in [0.2, 0.25) is 0 Å². The minimum atomic E-state index is -2.95. The number of rotatable bonds is 7. The van der Waals surface area contributed by atoms with E-state index in [0.29, 0.717) is 12.5 Å². The molecule has 6 heteroatoms. The molecule has 1 unspecified atom stereocenters. The second-order valence-corrected chi connectivity index (χ2v) is 7.46. The predicted octanol–water partition coefficient (Wildman–Crippen LogP) is 1.22. The van der Waals surface area contributed by atoms with Crippen LogP contribution in [0.2, 0.25) is 0 Å². The van der Waals surface area contributed by atoms with Crippen molar-refractivity contribution in [3.8, 4) is 0 Å². The molecule has 0 saturated heterocycles. The Morgan fingerprint density at radius 1 is 1.29 bits per heavy atom. The first kappa shape index (κ1) is 17.5. The molecule has 1 rings (SSSR count). The van der Waals surface area contributed by atoms with Crippen LogP contribution in [0.3, 0.4) is 0 Å². The van der Waals surface area contributed by atoms with Crippen molar-refractivity contribution in [3.63, 3.8) is 0 Å². The van der Waals surface area contributed by atoms with E-state index in [9.17, 15) is 8.42 Å². The molecule has 1 atom stereocenters. The molecule has 0 fully saturated rings. The number of hydrogen-bond donors (Lipinski definition) is 2. The van der Waals surface area contributed by atoms with Crippen LogP contribution in [0.5, 0.6) is 0 Å². The van der Waals surface area contributed by atoms with Gasteiger partial charge in [-0.25, -0.2) is 8.42 Å². The second kappa shape index (κ2) is 8.67. The van der Waals surface area contributed by atoms with E-state index in [2.05, 4.69) is 34.7 Å². The molecule has 0 saturated carbocycles. The van der Waals surface area contributed by atoms with Gasteiger partial charge in [-0.05, 0) is 25.3 Å². The van der Waals surface area contributed by atoms with E-state index in [-0.39, 0.29) is 11.8 Å². The summed E-state index contributed by atoms with van der Waals surface area (Å²) in [6.07, 6.45) is 3.21. The van der Waals surface area contributed by atoms with Gasteiger partial charge in [0.1, 0.15) is 9.84 Å². The van der Waals surface area contributed by atoms with Crippen LogP contribution >= 0.6 is 0 Å². The molecule has 0 aliphatic carbocycles. The van der Waals surface area contributed by atoms with Crippen molar-refractivity contribution in [2.45, 2.75) is 25.8 Å². The molecule has 0 heterocycles. The van der Waals surface area contributed by atoms with Gasteiger partial charge in [-0.3, -0.25) is 4.99 Å². The quantitative estimate of drug-likeness (QED) is 0.587. The SMILES string of the molecule is CN=C(NCCS(C)(=O)=O)NC(C)CCc1ccccc1. The van der Waals surface area contributed by atoms with Gasteiger partial charge in [0, 0.05) is 25.9 Å². The minimum absolute atomic E-state index is 0.103. The normalized spacial score (nSPS) is 13.8. The van der Waals surface area contributed by atoms with Crippen molar-refractivity contribution in [1.29, 1.82) is 0 Å². The van der Waals surface area contributed by atoms with E-state index in [1.54, 1.807) is 7.05 Å². The van der Waals surface area contributed by atoms with Crippen LogP contribution in [0.4, 0.5) is 0 Å². The van der Waals surface area contributed by atoms with Gasteiger partial charge in [0.25, 0.3) is 0 Å². The minimum Gasteiger partial charge on any atom is -0.355 e. The van der Waals surface area contributed by atoms with Gasteiger partial charge in [0.15, 0.2) is 5.96 Å². The first-order valence-electron chi connectivity index (χ1n) is 7.09. The molecule has 1 aromatic carbocycles. The van der Waals surface area contributed by atoms with Gasteiger partial charge in [-0.2, -0.15) is 0 Å². The Balaban J connectivity index is 2.32. The van der Waals surface area contributed by atoms with Crippen LogP contribution in [0.1, 0.15) is 18.9 Å². The Morgan fingerprint density at radius 3 is 2.52 bits per heavy atom. The zero-order valence-electron chi connectivity index (χ0n) is 13.0. The highest BCUT2D eigenvalue weighted by Gasteiger charge is 2.07. The van der Waals surface area contributed by atoms with Gasteiger partial charge in [0.05, 0.1) is 5.75 Å². The number of sulfone groups is 1. The summed E-state index contributed by atoms with van der Waals surface area (Å²) in [7, 11) is -1.27. The molecule has 0 aliphatic heterocycles. The van der Waals surface area contributed by atoms with E-state index in [1.807, 2.05) is 18.2 Å². The summed E-state index contributed by atoms with van der Waals surface area (Å²) in [6.45, 7) is 2.45. The molecule has 2 N–H and O–H groups in total. The molecule has 0 spiro atoms. The number of nitrogens with zero attached hydrogens (tertiary/aromatic N) is 1. The van der Waals surface area contributed by atoms with E-state index in [0.717, 1.165) is 12.8 Å². The lowest BCUT2D eigenvalue weighted by atomic mass is 10.1. The topological polar surface area (TPSA) is 70.6 Å². The lowest BCUT2D eigenvalue weighted by molar-refractivity contribution is 0.591. The molecule has 0 aromatic heterocycles. The highest BCUT2D eigenvalue weighted by atomic mass is 32.2. The number of hydrogen-bond acceptors (Lipinski definition) is 3. The van der Waals surface area contributed by atoms with Gasteiger partial charge in [-0.15, -0.1) is 0 Å². The Morgan fingerprint density at radius 2 is 1.95 bits per heavy atom. The predicted molar refractivity (Wildman–Crippen MR) is 88.4 cm³/mol. The van der Waals surface area contributed by atoms with Crippen molar-refractivity contribution in [2.24, 2.45) is 4.99 Å². The summed E-state index contributed by atoms with van der Waals surface area (Å²) in [6, 6.07) is 10.6. The highest BCUT2D eigenvalue weighted by Crippen LogP contribution is 2.04. The molecule has 118 valence electrons.